The topological polar surface area (TPSA) is 76.2 Å². The number of carbonyl (C=O) groups excluding carboxylic acids is 1. The van der Waals surface area contributed by atoms with Gasteiger partial charge in [0.25, 0.3) is 5.91 Å². The number of carbonyl (C=O) groups is 1. The Balaban J connectivity index is 1.71. The van der Waals surface area contributed by atoms with E-state index in [4.69, 9.17) is 9.47 Å². The first-order valence-corrected chi connectivity index (χ1v) is 10.8. The summed E-state index contributed by atoms with van der Waals surface area (Å²) < 4.78 is 64.2. The number of methoxy groups -OCH3 is 1. The summed E-state index contributed by atoms with van der Waals surface area (Å²) in [5.74, 6) is -1.33. The van der Waals surface area contributed by atoms with Crippen molar-refractivity contribution in [2.45, 2.75) is 11.8 Å². The number of piperazine rings is 1. The van der Waals surface area contributed by atoms with E-state index in [9.17, 15) is 22.0 Å². The van der Waals surface area contributed by atoms with Crippen molar-refractivity contribution in [2.75, 3.05) is 39.9 Å². The molecule has 2 aromatic rings. The molecule has 1 fully saturated rings. The Labute approximate surface area is 173 Å². The van der Waals surface area contributed by atoms with E-state index in [1.807, 2.05) is 6.92 Å². The molecule has 30 heavy (non-hydrogen) atoms. The van der Waals surface area contributed by atoms with Gasteiger partial charge in [0.1, 0.15) is 16.5 Å². The summed E-state index contributed by atoms with van der Waals surface area (Å²) in [6, 6.07) is 7.18. The van der Waals surface area contributed by atoms with E-state index in [0.29, 0.717) is 29.7 Å². The van der Waals surface area contributed by atoms with Gasteiger partial charge in [-0.05, 0) is 37.3 Å². The first-order chi connectivity index (χ1) is 14.3. The predicted octanol–water partition coefficient (Wildman–Crippen LogP) is 2.52. The van der Waals surface area contributed by atoms with Crippen LogP contribution in [0.25, 0.3) is 0 Å². The smallest absolute Gasteiger partial charge is 0.254 e. The van der Waals surface area contributed by atoms with Gasteiger partial charge in [0, 0.05) is 37.8 Å². The van der Waals surface area contributed by atoms with Gasteiger partial charge in [-0.2, -0.15) is 4.31 Å². The number of hydrogen-bond donors (Lipinski definition) is 0. The molecule has 0 aromatic heterocycles. The van der Waals surface area contributed by atoms with Gasteiger partial charge < -0.3 is 14.4 Å². The zero-order valence-corrected chi connectivity index (χ0v) is 17.4. The highest BCUT2D eigenvalue weighted by atomic mass is 32.2. The minimum atomic E-state index is -4.13. The van der Waals surface area contributed by atoms with Gasteiger partial charge in [0.2, 0.25) is 10.0 Å². The maximum Gasteiger partial charge on any atom is 0.254 e. The van der Waals surface area contributed by atoms with Crippen LogP contribution in [0.2, 0.25) is 0 Å². The van der Waals surface area contributed by atoms with E-state index in [1.165, 1.54) is 12.0 Å². The van der Waals surface area contributed by atoms with E-state index in [1.54, 1.807) is 18.2 Å². The first-order valence-electron chi connectivity index (χ1n) is 9.33. The molecular formula is C20H22F2N2O5S. The number of sulfonamides is 1. The fourth-order valence-electron chi connectivity index (χ4n) is 3.21. The fourth-order valence-corrected chi connectivity index (χ4v) is 4.68. The van der Waals surface area contributed by atoms with Crippen LogP contribution >= 0.6 is 0 Å². The van der Waals surface area contributed by atoms with Crippen LogP contribution in [0.4, 0.5) is 8.78 Å². The third kappa shape index (κ3) is 4.39. The van der Waals surface area contributed by atoms with Crippen LogP contribution in [0.3, 0.4) is 0 Å². The van der Waals surface area contributed by atoms with Crippen molar-refractivity contribution in [3.05, 3.63) is 53.6 Å². The number of amides is 1. The third-order valence-electron chi connectivity index (χ3n) is 4.75. The lowest BCUT2D eigenvalue weighted by molar-refractivity contribution is 0.0697. The van der Waals surface area contributed by atoms with Crippen LogP contribution in [0.1, 0.15) is 17.3 Å². The second kappa shape index (κ2) is 8.97. The van der Waals surface area contributed by atoms with Crippen molar-refractivity contribution >= 4 is 15.9 Å². The minimum absolute atomic E-state index is 0.000938. The zero-order chi connectivity index (χ0) is 21.9. The van der Waals surface area contributed by atoms with Gasteiger partial charge in [-0.25, -0.2) is 17.2 Å². The molecule has 1 heterocycles. The highest BCUT2D eigenvalue weighted by molar-refractivity contribution is 7.89. The first kappa shape index (κ1) is 22.0. The molecule has 0 aliphatic carbocycles. The van der Waals surface area contributed by atoms with E-state index in [2.05, 4.69) is 0 Å². The molecule has 0 unspecified atom stereocenters. The number of nitrogens with zero attached hydrogens (tertiary/aromatic N) is 2. The summed E-state index contributed by atoms with van der Waals surface area (Å²) >= 11 is 0. The van der Waals surface area contributed by atoms with Gasteiger partial charge in [-0.1, -0.05) is 0 Å². The van der Waals surface area contributed by atoms with Crippen molar-refractivity contribution in [2.24, 2.45) is 0 Å². The molecule has 0 radical (unpaired) electrons. The van der Waals surface area contributed by atoms with Crippen molar-refractivity contribution in [1.29, 1.82) is 0 Å². The lowest BCUT2D eigenvalue weighted by Gasteiger charge is -2.34. The summed E-state index contributed by atoms with van der Waals surface area (Å²) in [5, 5.41) is 0. The molecule has 1 aliphatic rings. The highest BCUT2D eigenvalue weighted by Gasteiger charge is 2.32. The van der Waals surface area contributed by atoms with Crippen LogP contribution in [0.5, 0.6) is 11.5 Å². The van der Waals surface area contributed by atoms with E-state index >= 15 is 0 Å². The monoisotopic (exact) mass is 440 g/mol. The highest BCUT2D eigenvalue weighted by Crippen LogP contribution is 2.29. The van der Waals surface area contributed by atoms with Gasteiger partial charge >= 0.3 is 0 Å². The van der Waals surface area contributed by atoms with Crippen LogP contribution in [-0.4, -0.2) is 63.4 Å². The lowest BCUT2D eigenvalue weighted by atomic mass is 10.1. The zero-order valence-electron chi connectivity index (χ0n) is 16.6. The Morgan fingerprint density at radius 2 is 1.73 bits per heavy atom. The Kier molecular flexibility index (Phi) is 6.57. The number of hydrogen-bond acceptors (Lipinski definition) is 5. The van der Waals surface area contributed by atoms with Crippen LogP contribution < -0.4 is 9.47 Å². The number of benzene rings is 2. The molecular weight excluding hydrogens is 418 g/mol. The largest absolute Gasteiger partial charge is 0.493 e. The standard InChI is InChI=1S/C20H22F2N2O5S/c1-3-29-17-6-4-14(12-18(17)28-2)20(25)23-8-10-24(11-9-23)30(26,27)19-7-5-15(21)13-16(19)22/h4-7,12-13H,3,8-11H2,1-2H3. The maximum atomic E-state index is 14.0. The Morgan fingerprint density at radius 1 is 1.03 bits per heavy atom. The van der Waals surface area contributed by atoms with E-state index in [-0.39, 0.29) is 32.1 Å². The Bertz CT molecular complexity index is 1040. The van der Waals surface area contributed by atoms with Crippen molar-refractivity contribution in [3.8, 4) is 11.5 Å². The van der Waals surface area contributed by atoms with Gasteiger partial charge in [0.05, 0.1) is 13.7 Å². The van der Waals surface area contributed by atoms with Gasteiger partial charge in [0.15, 0.2) is 11.5 Å². The van der Waals surface area contributed by atoms with Crippen molar-refractivity contribution < 1.29 is 31.5 Å². The molecule has 2 aromatic carbocycles. The quantitative estimate of drug-likeness (QED) is 0.690. The number of rotatable bonds is 6. The van der Waals surface area contributed by atoms with Crippen LogP contribution in [0, 0.1) is 11.6 Å². The Morgan fingerprint density at radius 3 is 2.33 bits per heavy atom. The average molecular weight is 440 g/mol. The second-order valence-electron chi connectivity index (χ2n) is 6.57. The fraction of sp³-hybridized carbons (Fsp3) is 0.350. The molecule has 3 rings (SSSR count). The summed E-state index contributed by atoms with van der Waals surface area (Å²) in [6.07, 6.45) is 0. The maximum absolute atomic E-state index is 14.0. The molecule has 162 valence electrons. The molecule has 1 saturated heterocycles. The molecule has 1 aliphatic heterocycles. The molecule has 0 saturated carbocycles. The van der Waals surface area contributed by atoms with Crippen molar-refractivity contribution in [3.63, 3.8) is 0 Å². The summed E-state index contributed by atoms with van der Waals surface area (Å²) in [4.78, 5) is 13.7. The molecule has 0 spiro atoms. The molecule has 0 bridgehead atoms. The molecule has 0 atom stereocenters. The normalized spacial score (nSPS) is 15.1. The summed E-state index contributed by atoms with van der Waals surface area (Å²) in [7, 11) is -2.65. The Hall–Kier alpha value is -2.72. The van der Waals surface area contributed by atoms with E-state index < -0.39 is 26.6 Å². The summed E-state index contributed by atoms with van der Waals surface area (Å²) in [6.45, 7) is 2.56. The summed E-state index contributed by atoms with van der Waals surface area (Å²) in [5.41, 5.74) is 0.385. The number of ether oxygens (including phenoxy) is 2. The van der Waals surface area contributed by atoms with Crippen LogP contribution in [-0.2, 0) is 10.0 Å². The molecule has 10 heteroatoms. The second-order valence-corrected chi connectivity index (χ2v) is 8.48. The van der Waals surface area contributed by atoms with E-state index in [0.717, 1.165) is 16.4 Å². The lowest BCUT2D eigenvalue weighted by Crippen LogP contribution is -2.50. The van der Waals surface area contributed by atoms with Crippen molar-refractivity contribution in [1.82, 2.24) is 9.21 Å². The SMILES string of the molecule is CCOc1ccc(C(=O)N2CCN(S(=O)(=O)c3ccc(F)cc3F)CC2)cc1OC. The number of halogens is 2. The third-order valence-corrected chi connectivity index (χ3v) is 6.68. The van der Waals surface area contributed by atoms with Gasteiger partial charge in [-0.15, -0.1) is 0 Å². The predicted molar refractivity (Wildman–Crippen MR) is 105 cm³/mol. The minimum Gasteiger partial charge on any atom is -0.493 e. The molecule has 0 N–H and O–H groups in total. The van der Waals surface area contributed by atoms with Crippen LogP contribution in [0.15, 0.2) is 41.3 Å². The molecule has 7 nitrogen and oxygen atoms in total. The average Bonchev–Trinajstić information content (AvgIpc) is 2.73. The molecule has 1 amide bonds. The van der Waals surface area contributed by atoms with Gasteiger partial charge in [-0.3, -0.25) is 4.79 Å².